The molecule has 0 aromatic carbocycles. The Morgan fingerprint density at radius 1 is 0.786 bits per heavy atom. The van der Waals surface area contributed by atoms with Crippen LogP contribution in [0.25, 0.3) is 0 Å². The zero-order chi connectivity index (χ0) is 10.6. The summed E-state index contributed by atoms with van der Waals surface area (Å²) in [5.74, 6) is 0. The molecule has 0 aliphatic rings. The molecule has 0 saturated heterocycles. The predicted octanol–water partition coefficient (Wildman–Crippen LogP) is 3.76. The van der Waals surface area contributed by atoms with E-state index < -0.39 is 0 Å². The number of unbranched alkanes of at least 4 members (excludes halogenated alkanes) is 6. The Morgan fingerprint density at radius 3 is 1.57 bits per heavy atom. The van der Waals surface area contributed by atoms with Crippen LogP contribution in [0.5, 0.6) is 0 Å². The molecule has 0 aromatic heterocycles. The topological polar surface area (TPSA) is 3.24 Å². The zero-order valence-electron chi connectivity index (χ0n) is 12.1. The zero-order valence-corrected chi connectivity index (χ0v) is 11.3. The molecule has 0 aliphatic heterocycles. The van der Waals surface area contributed by atoms with E-state index >= 15 is 0 Å². The first kappa shape index (κ1) is 14.5. The molecule has 0 amide bonds. The molecule has 0 aliphatic carbocycles. The Morgan fingerprint density at radius 2 is 1.21 bits per heavy atom. The van der Waals surface area contributed by atoms with Crippen molar-refractivity contribution in [1.82, 2.24) is 3.88 Å². The average molecular weight is 213 g/mol. The molecule has 0 saturated carbocycles. The van der Waals surface area contributed by atoms with Gasteiger partial charge in [0.25, 0.3) is 0 Å². The summed E-state index contributed by atoms with van der Waals surface area (Å²) in [4.78, 5) is 0. The van der Waals surface area contributed by atoms with Gasteiger partial charge in [-0.1, -0.05) is 0 Å². The van der Waals surface area contributed by atoms with Crippen LogP contribution in [0.3, 0.4) is 0 Å². The number of hydrogen-bond acceptors (Lipinski definition) is 1. The summed E-state index contributed by atoms with van der Waals surface area (Å²) in [5, 5.41) is 0. The van der Waals surface area contributed by atoms with E-state index in [2.05, 4.69) is 34.2 Å². The Labute approximate surface area is 102 Å². The summed E-state index contributed by atoms with van der Waals surface area (Å²) < 4.78 is 2.41. The van der Waals surface area contributed by atoms with Crippen LogP contribution in [0.4, 0.5) is 0 Å². The van der Waals surface area contributed by atoms with E-state index in [0.29, 0.717) is 0 Å². The molecule has 14 heavy (non-hydrogen) atoms. The van der Waals surface area contributed by atoms with Crippen molar-refractivity contribution in [3.63, 3.8) is 0 Å². The van der Waals surface area contributed by atoms with Gasteiger partial charge in [0.05, 0.1) is 0 Å². The van der Waals surface area contributed by atoms with E-state index in [1.807, 2.05) is 0 Å². The van der Waals surface area contributed by atoms with Crippen molar-refractivity contribution in [3.05, 3.63) is 0 Å². The normalized spacial score (nSPS) is 11.2. The van der Waals surface area contributed by atoms with Crippen molar-refractivity contribution in [2.75, 3.05) is 13.1 Å². The molecule has 0 radical (unpaired) electrons. The first-order valence-electron chi connectivity index (χ1n) is 6.30. The van der Waals surface area contributed by atoms with E-state index in [1.54, 1.807) is 0 Å². The van der Waals surface area contributed by atoms with E-state index in [-0.39, 0.29) is 2.85 Å². The third-order valence-corrected chi connectivity index (χ3v) is 3.11. The molecule has 0 fully saturated rings. The second-order valence-corrected chi connectivity index (χ2v) is 4.89. The molecule has 0 spiro atoms. The quantitative estimate of drug-likeness (QED) is 0.394. The molecular weight excluding hydrogens is 185 g/mol. The maximum absolute atomic E-state index is 2.86. The molecule has 0 aromatic rings. The van der Waals surface area contributed by atoms with Crippen LogP contribution in [0.15, 0.2) is 0 Å². The first-order valence-corrected chi connectivity index (χ1v) is 6.82. The third kappa shape index (κ3) is 10.6. The second-order valence-electron chi connectivity index (χ2n) is 4.16. The van der Waals surface area contributed by atoms with Crippen molar-refractivity contribution < 1.29 is 2.85 Å². The van der Waals surface area contributed by atoms with Gasteiger partial charge in [0, 0.05) is 0 Å². The summed E-state index contributed by atoms with van der Waals surface area (Å²) >= 11 is 2.86. The molecule has 84 valence electrons. The fourth-order valence-corrected chi connectivity index (χ4v) is 1.96. The van der Waals surface area contributed by atoms with Crippen molar-refractivity contribution in [2.45, 2.75) is 65.2 Å². The standard InChI is InChI=1S/C12H26N.Al.2H/c1-3-5-7-9-11-13-12-10-8-6-4-2;;;/h3-12H2,1-2H3;;;/q-1;+3;2*-1. The van der Waals surface area contributed by atoms with Crippen LogP contribution in [0, 0.1) is 0 Å². The smallest absolute Gasteiger partial charge is 1.00 e. The van der Waals surface area contributed by atoms with E-state index in [1.165, 1.54) is 64.5 Å². The van der Waals surface area contributed by atoms with Crippen molar-refractivity contribution >= 4 is 16.5 Å². The fourth-order valence-electron chi connectivity index (χ4n) is 1.60. The van der Waals surface area contributed by atoms with Gasteiger partial charge >= 0.3 is 98.7 Å². The molecule has 0 heterocycles. The summed E-state index contributed by atoms with van der Waals surface area (Å²) in [6, 6.07) is 0. The Hall–Kier alpha value is 0.492. The SMILES string of the molecule is CCCCCC[N]([Al+2])CCCCCC.[H-].[H-]. The van der Waals surface area contributed by atoms with Gasteiger partial charge < -0.3 is 2.85 Å². The Bertz CT molecular complexity index is 103. The van der Waals surface area contributed by atoms with Crippen molar-refractivity contribution in [1.29, 1.82) is 0 Å². The number of rotatable bonds is 10. The minimum absolute atomic E-state index is 0. The van der Waals surface area contributed by atoms with Crippen LogP contribution in [0.1, 0.15) is 68.1 Å². The monoisotopic (exact) mass is 213 g/mol. The second kappa shape index (κ2) is 11.6. The molecule has 0 rings (SSSR count). The number of hydrogen-bond donors (Lipinski definition) is 0. The molecule has 1 nitrogen and oxygen atoms in total. The van der Waals surface area contributed by atoms with Gasteiger partial charge in [-0.3, -0.25) is 0 Å². The van der Waals surface area contributed by atoms with Crippen LogP contribution in [-0.4, -0.2) is 33.5 Å². The molecule has 0 bridgehead atoms. The van der Waals surface area contributed by atoms with Gasteiger partial charge in [-0.25, -0.2) is 0 Å². The van der Waals surface area contributed by atoms with Crippen LogP contribution in [-0.2, 0) is 0 Å². The van der Waals surface area contributed by atoms with Gasteiger partial charge in [0.2, 0.25) is 0 Å². The summed E-state index contributed by atoms with van der Waals surface area (Å²) in [5.41, 5.74) is 0. The minimum atomic E-state index is 0. The van der Waals surface area contributed by atoms with Gasteiger partial charge in [-0.15, -0.1) is 0 Å². The van der Waals surface area contributed by atoms with Gasteiger partial charge in [0.15, 0.2) is 0 Å². The van der Waals surface area contributed by atoms with Crippen LogP contribution < -0.4 is 0 Å². The third-order valence-electron chi connectivity index (χ3n) is 2.60. The Kier molecular flexibility index (Phi) is 12.0. The molecule has 2 heteroatoms. The van der Waals surface area contributed by atoms with E-state index in [9.17, 15) is 0 Å². The average Bonchev–Trinajstić information content (AvgIpc) is 2.19. The molecule has 0 unspecified atom stereocenters. The summed E-state index contributed by atoms with van der Waals surface area (Å²) in [7, 11) is 0. The Balaban J connectivity index is -0.000000845. The van der Waals surface area contributed by atoms with Gasteiger partial charge in [-0.05, 0) is 0 Å². The fraction of sp³-hybridized carbons (Fsp3) is 1.00. The predicted molar refractivity (Wildman–Crippen MR) is 67.8 cm³/mol. The molecular formula is C12H28AlN. The van der Waals surface area contributed by atoms with Gasteiger partial charge in [0.1, 0.15) is 0 Å². The van der Waals surface area contributed by atoms with Crippen LogP contribution in [0.2, 0.25) is 0 Å². The van der Waals surface area contributed by atoms with E-state index in [0.717, 1.165) is 0 Å². The maximum atomic E-state index is 2.86. The summed E-state index contributed by atoms with van der Waals surface area (Å²) in [6.07, 6.45) is 11.0. The van der Waals surface area contributed by atoms with Crippen LogP contribution >= 0.6 is 0 Å². The van der Waals surface area contributed by atoms with Crippen molar-refractivity contribution in [2.24, 2.45) is 0 Å². The summed E-state index contributed by atoms with van der Waals surface area (Å²) in [6.45, 7) is 7.06. The maximum Gasteiger partial charge on any atom is -1.00 e. The number of nitrogens with zero attached hydrogens (tertiary/aromatic N) is 1. The molecule has 0 atom stereocenters. The first-order chi connectivity index (χ1) is 6.81. The molecule has 0 N–H and O–H groups in total. The minimum Gasteiger partial charge on any atom is -1.00 e. The van der Waals surface area contributed by atoms with Crippen molar-refractivity contribution in [3.8, 4) is 0 Å². The largest absolute Gasteiger partial charge is 1.00 e. The van der Waals surface area contributed by atoms with E-state index in [4.69, 9.17) is 0 Å². The van der Waals surface area contributed by atoms with Gasteiger partial charge in [-0.2, -0.15) is 0 Å².